The van der Waals surface area contributed by atoms with E-state index in [1.807, 2.05) is 4.72 Å². The number of anilines is 1. The van der Waals surface area contributed by atoms with Crippen molar-refractivity contribution in [3.05, 3.63) is 83.5 Å². The number of hydrogen-bond acceptors (Lipinski definition) is 5. The molecular weight excluding hydrogens is 529 g/mol. The molecule has 2 aromatic carbocycles. The van der Waals surface area contributed by atoms with Crippen molar-refractivity contribution in [1.29, 1.82) is 0 Å². The highest BCUT2D eigenvalue weighted by atomic mass is 35.5. The minimum Gasteiger partial charge on any atom is -0.381 e. The number of aromatic nitrogens is 3. The first-order valence-electron chi connectivity index (χ1n) is 11.3. The Morgan fingerprint density at radius 3 is 2.57 bits per heavy atom. The van der Waals surface area contributed by atoms with Gasteiger partial charge in [0, 0.05) is 36.7 Å². The number of ether oxygens (including phenoxy) is 1. The van der Waals surface area contributed by atoms with Gasteiger partial charge in [-0.05, 0) is 60.9 Å². The number of nitrogens with one attached hydrogen (secondary N) is 1. The summed E-state index contributed by atoms with van der Waals surface area (Å²) in [7, 11) is -4.64. The van der Waals surface area contributed by atoms with Gasteiger partial charge in [0.2, 0.25) is 0 Å². The Balaban J connectivity index is 1.59. The lowest BCUT2D eigenvalue weighted by atomic mass is 10.0. The summed E-state index contributed by atoms with van der Waals surface area (Å²) in [5, 5.41) is 4.90. The molecule has 5 rings (SSSR count). The zero-order valence-corrected chi connectivity index (χ0v) is 20.7. The summed E-state index contributed by atoms with van der Waals surface area (Å²) in [5.74, 6) is -3.05. The van der Waals surface area contributed by atoms with E-state index in [1.54, 1.807) is 23.0 Å². The van der Waals surface area contributed by atoms with Crippen LogP contribution >= 0.6 is 11.6 Å². The van der Waals surface area contributed by atoms with E-state index in [-0.39, 0.29) is 22.5 Å². The molecule has 4 aromatic rings. The molecule has 1 aliphatic rings. The largest absolute Gasteiger partial charge is 0.381 e. The van der Waals surface area contributed by atoms with Crippen molar-refractivity contribution in [2.45, 2.75) is 23.8 Å². The molecule has 0 amide bonds. The third-order valence-electron chi connectivity index (χ3n) is 6.02. The van der Waals surface area contributed by atoms with E-state index in [9.17, 15) is 17.2 Å². The Kier molecular flexibility index (Phi) is 6.93. The highest BCUT2D eigenvalue weighted by molar-refractivity contribution is 7.92. The van der Waals surface area contributed by atoms with Crippen LogP contribution in [0.4, 0.5) is 18.9 Å². The van der Waals surface area contributed by atoms with E-state index >= 15 is 4.39 Å². The number of benzene rings is 2. The van der Waals surface area contributed by atoms with E-state index in [0.29, 0.717) is 36.5 Å². The fraction of sp³-hybridized carbons (Fsp3) is 0.200. The van der Waals surface area contributed by atoms with Gasteiger partial charge in [-0.1, -0.05) is 17.7 Å². The summed E-state index contributed by atoms with van der Waals surface area (Å²) in [5.41, 5.74) is 1.02. The van der Waals surface area contributed by atoms with Crippen LogP contribution in [-0.4, -0.2) is 36.4 Å². The quantitative estimate of drug-likeness (QED) is 0.306. The van der Waals surface area contributed by atoms with E-state index in [2.05, 4.69) is 10.1 Å². The fourth-order valence-corrected chi connectivity index (χ4v) is 5.51. The molecule has 2 aromatic heterocycles. The number of nitrogens with zero attached hydrogens (tertiary/aromatic N) is 3. The maximum Gasteiger partial charge on any atom is 0.265 e. The molecule has 0 radical (unpaired) electrons. The lowest BCUT2D eigenvalue weighted by molar-refractivity contribution is 0.0663. The molecule has 192 valence electrons. The highest BCUT2D eigenvalue weighted by Crippen LogP contribution is 2.37. The van der Waals surface area contributed by atoms with E-state index < -0.39 is 38.1 Å². The molecule has 0 atom stereocenters. The average Bonchev–Trinajstić information content (AvgIpc) is 3.32. The van der Waals surface area contributed by atoms with Gasteiger partial charge in [0.05, 0.1) is 11.7 Å². The van der Waals surface area contributed by atoms with E-state index in [4.69, 9.17) is 16.3 Å². The van der Waals surface area contributed by atoms with Crippen LogP contribution in [0, 0.1) is 17.5 Å². The molecule has 0 unspecified atom stereocenters. The number of rotatable bonds is 6. The maximum absolute atomic E-state index is 15.8. The third kappa shape index (κ3) is 5.20. The Morgan fingerprint density at radius 1 is 1.03 bits per heavy atom. The van der Waals surface area contributed by atoms with Crippen LogP contribution in [0.1, 0.15) is 18.9 Å². The van der Waals surface area contributed by atoms with Crippen LogP contribution in [0.25, 0.3) is 22.4 Å². The molecule has 1 aliphatic heterocycles. The summed E-state index contributed by atoms with van der Waals surface area (Å²) in [6.45, 7) is 1.14. The normalized spacial score (nSPS) is 14.6. The van der Waals surface area contributed by atoms with Crippen LogP contribution in [-0.2, 0) is 14.8 Å². The van der Waals surface area contributed by atoms with Crippen molar-refractivity contribution in [3.63, 3.8) is 0 Å². The predicted molar refractivity (Wildman–Crippen MR) is 132 cm³/mol. The molecule has 1 saturated heterocycles. The zero-order chi connectivity index (χ0) is 26.2. The molecule has 0 saturated carbocycles. The molecule has 12 heteroatoms. The Bertz CT molecular complexity index is 1570. The third-order valence-corrected chi connectivity index (χ3v) is 7.60. The molecule has 1 fully saturated rings. The predicted octanol–water partition coefficient (Wildman–Crippen LogP) is 5.84. The SMILES string of the molecule is O=S(=O)(Nc1cccc(-c2nn(C3CCOCC3)cc2-c2ccnc(Cl)c2)c1F)c1cc(F)ccc1F. The van der Waals surface area contributed by atoms with Gasteiger partial charge in [0.25, 0.3) is 10.0 Å². The van der Waals surface area contributed by atoms with Crippen molar-refractivity contribution < 1.29 is 26.3 Å². The summed E-state index contributed by atoms with van der Waals surface area (Å²) in [6, 6.07) is 9.44. The van der Waals surface area contributed by atoms with Gasteiger partial charge < -0.3 is 4.74 Å². The lowest BCUT2D eigenvalue weighted by Gasteiger charge is -2.22. The molecule has 37 heavy (non-hydrogen) atoms. The van der Waals surface area contributed by atoms with E-state index in [0.717, 1.165) is 18.9 Å². The van der Waals surface area contributed by atoms with Gasteiger partial charge >= 0.3 is 0 Å². The van der Waals surface area contributed by atoms with E-state index in [1.165, 1.54) is 24.4 Å². The number of pyridine rings is 1. The van der Waals surface area contributed by atoms with Crippen LogP contribution < -0.4 is 4.72 Å². The second-order valence-corrected chi connectivity index (χ2v) is 10.5. The van der Waals surface area contributed by atoms with Crippen molar-refractivity contribution in [1.82, 2.24) is 14.8 Å². The van der Waals surface area contributed by atoms with Crippen molar-refractivity contribution >= 4 is 27.3 Å². The lowest BCUT2D eigenvalue weighted by Crippen LogP contribution is -2.20. The highest BCUT2D eigenvalue weighted by Gasteiger charge is 2.26. The minimum atomic E-state index is -4.64. The molecule has 1 N–H and O–H groups in total. The van der Waals surface area contributed by atoms with Gasteiger partial charge in [-0.15, -0.1) is 0 Å². The van der Waals surface area contributed by atoms with Crippen LogP contribution in [0.2, 0.25) is 5.15 Å². The van der Waals surface area contributed by atoms with Gasteiger partial charge in [-0.3, -0.25) is 9.40 Å². The number of hydrogen-bond donors (Lipinski definition) is 1. The van der Waals surface area contributed by atoms with Crippen molar-refractivity contribution in [2.75, 3.05) is 17.9 Å². The van der Waals surface area contributed by atoms with Gasteiger partial charge in [0.1, 0.15) is 27.4 Å². The molecule has 0 bridgehead atoms. The second kappa shape index (κ2) is 10.2. The van der Waals surface area contributed by atoms with Crippen LogP contribution in [0.15, 0.2) is 65.8 Å². The molecule has 0 spiro atoms. The second-order valence-electron chi connectivity index (χ2n) is 8.43. The average molecular weight is 549 g/mol. The first-order chi connectivity index (χ1) is 17.7. The van der Waals surface area contributed by atoms with Gasteiger partial charge in [-0.2, -0.15) is 5.10 Å². The number of halogens is 4. The Labute approximate surface area is 215 Å². The van der Waals surface area contributed by atoms with Gasteiger partial charge in [0.15, 0.2) is 5.82 Å². The Morgan fingerprint density at radius 2 is 1.81 bits per heavy atom. The maximum atomic E-state index is 15.8. The van der Waals surface area contributed by atoms with Crippen LogP contribution in [0.5, 0.6) is 0 Å². The molecule has 0 aliphatic carbocycles. The molecular formula is C25H20ClF3N4O3S. The fourth-order valence-electron chi connectivity index (χ4n) is 4.19. The summed E-state index contributed by atoms with van der Waals surface area (Å²) < 4.78 is 78.3. The van der Waals surface area contributed by atoms with Gasteiger partial charge in [-0.25, -0.2) is 26.6 Å². The zero-order valence-electron chi connectivity index (χ0n) is 19.2. The topological polar surface area (TPSA) is 86.1 Å². The van der Waals surface area contributed by atoms with Crippen LogP contribution in [0.3, 0.4) is 0 Å². The minimum absolute atomic E-state index is 0.00802. The number of sulfonamides is 1. The first-order valence-corrected chi connectivity index (χ1v) is 13.1. The summed E-state index contributed by atoms with van der Waals surface area (Å²) in [4.78, 5) is 3.06. The monoisotopic (exact) mass is 548 g/mol. The first kappa shape index (κ1) is 25.2. The molecule has 7 nitrogen and oxygen atoms in total. The van der Waals surface area contributed by atoms with Crippen molar-refractivity contribution in [3.8, 4) is 22.4 Å². The Hall–Kier alpha value is -3.41. The summed E-state index contributed by atoms with van der Waals surface area (Å²) >= 11 is 6.10. The molecule has 3 heterocycles. The smallest absolute Gasteiger partial charge is 0.265 e. The standard InChI is InChI=1S/C25H20ClF3N4O3S/c26-23-12-15(6-9-30-23)19-14-33(17-7-10-36-11-8-17)31-25(19)18-2-1-3-21(24(18)29)32-37(34,35)22-13-16(27)4-5-20(22)28/h1-6,9,12-14,17,32H,7-8,10-11H2. The van der Waals surface area contributed by atoms with Crippen molar-refractivity contribution in [2.24, 2.45) is 0 Å². The summed E-state index contributed by atoms with van der Waals surface area (Å²) in [6.07, 6.45) is 4.75.